The molecule has 0 radical (unpaired) electrons. The van der Waals surface area contributed by atoms with E-state index in [1.807, 2.05) is 24.3 Å². The molecule has 0 bridgehead atoms. The lowest BCUT2D eigenvalue weighted by Gasteiger charge is -2.05. The maximum absolute atomic E-state index is 9.24. The standard InChI is InChI=1S/C13H13NO2/c15-12-5-3-6-13(10-12)16-9-7-11-4-1-2-8-14-11/h1-6,8,10,15H,7,9H2. The number of phenols is 1. The summed E-state index contributed by atoms with van der Waals surface area (Å²) < 4.78 is 5.49. The third-order valence-electron chi connectivity index (χ3n) is 2.17. The average Bonchev–Trinajstić information content (AvgIpc) is 2.30. The molecule has 0 saturated carbocycles. The Labute approximate surface area is 94.3 Å². The molecule has 0 unspecified atom stereocenters. The smallest absolute Gasteiger partial charge is 0.122 e. The Balaban J connectivity index is 1.85. The minimum atomic E-state index is 0.218. The van der Waals surface area contributed by atoms with E-state index in [0.29, 0.717) is 12.4 Å². The van der Waals surface area contributed by atoms with Crippen molar-refractivity contribution in [3.63, 3.8) is 0 Å². The van der Waals surface area contributed by atoms with E-state index in [1.165, 1.54) is 0 Å². The molecule has 3 nitrogen and oxygen atoms in total. The molecule has 0 fully saturated rings. The van der Waals surface area contributed by atoms with Crippen LogP contribution in [0.1, 0.15) is 5.69 Å². The van der Waals surface area contributed by atoms with Crippen LogP contribution in [-0.2, 0) is 6.42 Å². The van der Waals surface area contributed by atoms with E-state index in [0.717, 1.165) is 12.1 Å². The first-order valence-electron chi connectivity index (χ1n) is 5.16. The molecule has 3 heteroatoms. The van der Waals surface area contributed by atoms with Crippen LogP contribution in [0.5, 0.6) is 11.5 Å². The molecule has 0 atom stereocenters. The predicted octanol–water partition coefficient (Wildman–Crippen LogP) is 2.41. The summed E-state index contributed by atoms with van der Waals surface area (Å²) >= 11 is 0. The summed E-state index contributed by atoms with van der Waals surface area (Å²) in [5.41, 5.74) is 1.00. The molecule has 0 spiro atoms. The Hall–Kier alpha value is -2.03. The Kier molecular flexibility index (Phi) is 3.38. The van der Waals surface area contributed by atoms with Crippen molar-refractivity contribution in [3.05, 3.63) is 54.4 Å². The minimum Gasteiger partial charge on any atom is -0.508 e. The predicted molar refractivity (Wildman–Crippen MR) is 61.5 cm³/mol. The highest BCUT2D eigenvalue weighted by Gasteiger charge is 1.96. The zero-order chi connectivity index (χ0) is 11.2. The van der Waals surface area contributed by atoms with Crippen LogP contribution in [0.3, 0.4) is 0 Å². The van der Waals surface area contributed by atoms with Gasteiger partial charge >= 0.3 is 0 Å². The molecule has 0 saturated heterocycles. The quantitative estimate of drug-likeness (QED) is 0.851. The van der Waals surface area contributed by atoms with Crippen molar-refractivity contribution < 1.29 is 9.84 Å². The third kappa shape index (κ3) is 2.98. The van der Waals surface area contributed by atoms with Gasteiger partial charge in [-0.25, -0.2) is 0 Å². The molecule has 0 amide bonds. The van der Waals surface area contributed by atoms with Gasteiger partial charge in [-0.1, -0.05) is 12.1 Å². The zero-order valence-electron chi connectivity index (χ0n) is 8.84. The fraction of sp³-hybridized carbons (Fsp3) is 0.154. The van der Waals surface area contributed by atoms with Gasteiger partial charge < -0.3 is 9.84 Å². The van der Waals surface area contributed by atoms with Crippen LogP contribution in [0.2, 0.25) is 0 Å². The topological polar surface area (TPSA) is 42.4 Å². The van der Waals surface area contributed by atoms with Gasteiger partial charge in [-0.3, -0.25) is 4.98 Å². The molecule has 1 aromatic heterocycles. The summed E-state index contributed by atoms with van der Waals surface area (Å²) in [6.07, 6.45) is 2.53. The Morgan fingerprint density at radius 2 is 2.06 bits per heavy atom. The number of nitrogens with zero attached hydrogens (tertiary/aromatic N) is 1. The van der Waals surface area contributed by atoms with Gasteiger partial charge in [-0.05, 0) is 24.3 Å². The van der Waals surface area contributed by atoms with E-state index in [-0.39, 0.29) is 5.75 Å². The van der Waals surface area contributed by atoms with Gasteiger partial charge in [-0.15, -0.1) is 0 Å². The molecule has 1 heterocycles. The van der Waals surface area contributed by atoms with Crippen LogP contribution in [0.4, 0.5) is 0 Å². The number of hydrogen-bond donors (Lipinski definition) is 1. The zero-order valence-corrected chi connectivity index (χ0v) is 8.84. The SMILES string of the molecule is Oc1cccc(OCCc2ccccn2)c1. The molecule has 0 aliphatic carbocycles. The molecule has 1 N–H and O–H groups in total. The molecule has 16 heavy (non-hydrogen) atoms. The second-order valence-corrected chi connectivity index (χ2v) is 3.42. The molecule has 82 valence electrons. The second-order valence-electron chi connectivity index (χ2n) is 3.42. The minimum absolute atomic E-state index is 0.218. The van der Waals surface area contributed by atoms with Crippen molar-refractivity contribution in [2.45, 2.75) is 6.42 Å². The first-order chi connectivity index (χ1) is 7.84. The molecule has 0 aliphatic heterocycles. The normalized spacial score (nSPS) is 10.0. The summed E-state index contributed by atoms with van der Waals surface area (Å²) in [6.45, 7) is 0.556. The van der Waals surface area contributed by atoms with Crippen molar-refractivity contribution in [2.24, 2.45) is 0 Å². The summed E-state index contributed by atoms with van der Waals surface area (Å²) in [5, 5.41) is 9.24. The summed E-state index contributed by atoms with van der Waals surface area (Å²) in [5.74, 6) is 0.895. The largest absolute Gasteiger partial charge is 0.508 e. The van der Waals surface area contributed by atoms with Gasteiger partial charge in [0.05, 0.1) is 6.61 Å². The van der Waals surface area contributed by atoms with Gasteiger partial charge in [0.25, 0.3) is 0 Å². The number of aromatic hydroxyl groups is 1. The van der Waals surface area contributed by atoms with Crippen LogP contribution in [0, 0.1) is 0 Å². The number of rotatable bonds is 4. The average molecular weight is 215 g/mol. The van der Waals surface area contributed by atoms with Crippen molar-refractivity contribution in [3.8, 4) is 11.5 Å². The molecule has 0 aliphatic rings. The number of benzene rings is 1. The van der Waals surface area contributed by atoms with Crippen molar-refractivity contribution in [2.75, 3.05) is 6.61 Å². The molecular formula is C13H13NO2. The van der Waals surface area contributed by atoms with E-state index in [2.05, 4.69) is 4.98 Å². The fourth-order valence-corrected chi connectivity index (χ4v) is 1.39. The van der Waals surface area contributed by atoms with E-state index in [1.54, 1.807) is 24.4 Å². The highest BCUT2D eigenvalue weighted by atomic mass is 16.5. The second kappa shape index (κ2) is 5.16. The van der Waals surface area contributed by atoms with Crippen LogP contribution >= 0.6 is 0 Å². The first-order valence-corrected chi connectivity index (χ1v) is 5.16. The lowest BCUT2D eigenvalue weighted by molar-refractivity contribution is 0.318. The molecule has 2 aromatic rings. The van der Waals surface area contributed by atoms with Gasteiger partial charge in [0.1, 0.15) is 11.5 Å². The van der Waals surface area contributed by atoms with Crippen molar-refractivity contribution in [1.29, 1.82) is 0 Å². The summed E-state index contributed by atoms with van der Waals surface area (Å²) in [7, 11) is 0. The van der Waals surface area contributed by atoms with E-state index in [4.69, 9.17) is 4.74 Å². The first kappa shape index (κ1) is 10.5. The van der Waals surface area contributed by atoms with Crippen LogP contribution in [-0.4, -0.2) is 16.7 Å². The van der Waals surface area contributed by atoms with Gasteiger partial charge in [0.15, 0.2) is 0 Å². The number of aromatic nitrogens is 1. The summed E-state index contributed by atoms with van der Waals surface area (Å²) in [6, 6.07) is 12.6. The number of hydrogen-bond acceptors (Lipinski definition) is 3. The maximum atomic E-state index is 9.24. The number of phenolic OH excluding ortho intramolecular Hbond substituents is 1. The van der Waals surface area contributed by atoms with E-state index in [9.17, 15) is 5.11 Å². The van der Waals surface area contributed by atoms with Crippen molar-refractivity contribution >= 4 is 0 Å². The highest BCUT2D eigenvalue weighted by molar-refractivity contribution is 5.31. The molecular weight excluding hydrogens is 202 g/mol. The van der Waals surface area contributed by atoms with Crippen LogP contribution in [0.25, 0.3) is 0 Å². The summed E-state index contributed by atoms with van der Waals surface area (Å²) in [4.78, 5) is 4.20. The highest BCUT2D eigenvalue weighted by Crippen LogP contribution is 2.17. The Morgan fingerprint density at radius 3 is 2.81 bits per heavy atom. The third-order valence-corrected chi connectivity index (χ3v) is 2.17. The van der Waals surface area contributed by atoms with E-state index < -0.39 is 0 Å². The van der Waals surface area contributed by atoms with E-state index >= 15 is 0 Å². The lowest BCUT2D eigenvalue weighted by Crippen LogP contribution is -2.02. The Bertz CT molecular complexity index is 443. The van der Waals surface area contributed by atoms with Crippen LogP contribution in [0.15, 0.2) is 48.7 Å². The number of pyridine rings is 1. The van der Waals surface area contributed by atoms with Crippen LogP contribution < -0.4 is 4.74 Å². The fourth-order valence-electron chi connectivity index (χ4n) is 1.39. The monoisotopic (exact) mass is 215 g/mol. The maximum Gasteiger partial charge on any atom is 0.122 e. The van der Waals surface area contributed by atoms with Gasteiger partial charge in [0.2, 0.25) is 0 Å². The molecule has 1 aromatic carbocycles. The van der Waals surface area contributed by atoms with Crippen molar-refractivity contribution in [1.82, 2.24) is 4.98 Å². The Morgan fingerprint density at radius 1 is 1.12 bits per heavy atom. The van der Waals surface area contributed by atoms with Gasteiger partial charge in [0, 0.05) is 24.4 Å². The number of ether oxygens (including phenoxy) is 1. The molecule has 2 rings (SSSR count). The van der Waals surface area contributed by atoms with Gasteiger partial charge in [-0.2, -0.15) is 0 Å². The lowest BCUT2D eigenvalue weighted by atomic mass is 10.3.